The zero-order valence-electron chi connectivity index (χ0n) is 14.7. The molecule has 0 heterocycles. The average Bonchev–Trinajstić information content (AvgIpc) is 3.12. The van der Waals surface area contributed by atoms with E-state index in [1.165, 1.54) is 36.8 Å². The molecule has 0 aromatic heterocycles. The van der Waals surface area contributed by atoms with Gasteiger partial charge in [-0.05, 0) is 36.1 Å². The number of benzene rings is 2. The van der Waals surface area contributed by atoms with Gasteiger partial charge in [0.05, 0.1) is 14.2 Å². The predicted octanol–water partition coefficient (Wildman–Crippen LogP) is 4.31. The van der Waals surface area contributed by atoms with Gasteiger partial charge in [0.2, 0.25) is 0 Å². The molecule has 0 atom stereocenters. The maximum atomic E-state index is 5.51. The Balaban J connectivity index is 1.76. The molecule has 0 bridgehead atoms. The van der Waals surface area contributed by atoms with Crippen LogP contribution in [0.2, 0.25) is 0 Å². The largest absolute Gasteiger partial charge is 0.493 e. The number of hydrogen-bond acceptors (Lipinski definition) is 3. The van der Waals surface area contributed by atoms with E-state index in [4.69, 9.17) is 9.47 Å². The molecule has 2 aromatic carbocycles. The summed E-state index contributed by atoms with van der Waals surface area (Å²) in [5, 5.41) is 3.68. The molecular formula is C21H27NO2. The fourth-order valence-electron chi connectivity index (χ4n) is 3.83. The summed E-state index contributed by atoms with van der Waals surface area (Å²) in [6.45, 7) is 1.91. The zero-order chi connectivity index (χ0) is 16.8. The van der Waals surface area contributed by atoms with Crippen LogP contribution in [0.1, 0.15) is 36.8 Å². The summed E-state index contributed by atoms with van der Waals surface area (Å²) in [6.07, 6.45) is 5.04. The Morgan fingerprint density at radius 2 is 1.62 bits per heavy atom. The molecule has 0 spiro atoms. The molecule has 1 aliphatic carbocycles. The first-order valence-electron chi connectivity index (χ1n) is 8.74. The third kappa shape index (κ3) is 3.57. The normalized spacial score (nSPS) is 16.1. The van der Waals surface area contributed by atoms with Gasteiger partial charge >= 0.3 is 0 Å². The molecule has 0 amide bonds. The fraction of sp³-hybridized carbons (Fsp3) is 0.429. The van der Waals surface area contributed by atoms with Crippen LogP contribution >= 0.6 is 0 Å². The number of nitrogens with one attached hydrogen (secondary N) is 1. The second kappa shape index (κ2) is 7.71. The van der Waals surface area contributed by atoms with Gasteiger partial charge in [-0.25, -0.2) is 0 Å². The zero-order valence-corrected chi connectivity index (χ0v) is 14.7. The van der Waals surface area contributed by atoms with Crippen molar-refractivity contribution in [2.45, 2.75) is 37.6 Å². The van der Waals surface area contributed by atoms with E-state index in [1.807, 2.05) is 6.07 Å². The molecule has 3 nitrogen and oxygen atoms in total. The van der Waals surface area contributed by atoms with Gasteiger partial charge in [0, 0.05) is 18.5 Å². The number of ether oxygens (including phenoxy) is 2. The van der Waals surface area contributed by atoms with Gasteiger partial charge < -0.3 is 14.8 Å². The summed E-state index contributed by atoms with van der Waals surface area (Å²) in [6, 6.07) is 17.0. The first-order valence-corrected chi connectivity index (χ1v) is 8.74. The van der Waals surface area contributed by atoms with Gasteiger partial charge in [-0.15, -0.1) is 0 Å². The maximum absolute atomic E-state index is 5.51. The molecule has 0 saturated heterocycles. The van der Waals surface area contributed by atoms with Crippen molar-refractivity contribution < 1.29 is 9.47 Å². The van der Waals surface area contributed by atoms with Crippen molar-refractivity contribution in [3.8, 4) is 11.5 Å². The highest BCUT2D eigenvalue weighted by atomic mass is 16.5. The highest BCUT2D eigenvalue weighted by Gasteiger charge is 2.35. The number of methoxy groups -OCH3 is 2. The highest BCUT2D eigenvalue weighted by Crippen LogP contribution is 2.43. The summed E-state index contributed by atoms with van der Waals surface area (Å²) < 4.78 is 10.9. The van der Waals surface area contributed by atoms with E-state index in [0.29, 0.717) is 0 Å². The SMILES string of the molecule is COc1ccc(C2(CNCc3ccccc3)CCCC2)cc1OC. The van der Waals surface area contributed by atoms with Gasteiger partial charge in [0.15, 0.2) is 11.5 Å². The third-order valence-corrected chi connectivity index (χ3v) is 5.19. The van der Waals surface area contributed by atoms with Crippen molar-refractivity contribution in [3.05, 3.63) is 59.7 Å². The molecule has 2 aromatic rings. The first kappa shape index (κ1) is 16.8. The van der Waals surface area contributed by atoms with Crippen LogP contribution in [0.5, 0.6) is 11.5 Å². The van der Waals surface area contributed by atoms with Crippen LogP contribution in [-0.4, -0.2) is 20.8 Å². The summed E-state index contributed by atoms with van der Waals surface area (Å²) in [5.74, 6) is 1.62. The molecule has 1 aliphatic rings. The Morgan fingerprint density at radius 3 is 2.29 bits per heavy atom. The second-order valence-electron chi connectivity index (χ2n) is 6.65. The van der Waals surface area contributed by atoms with Gasteiger partial charge in [-0.2, -0.15) is 0 Å². The summed E-state index contributed by atoms with van der Waals surface area (Å²) in [7, 11) is 3.39. The van der Waals surface area contributed by atoms with E-state index in [1.54, 1.807) is 14.2 Å². The molecular weight excluding hydrogens is 298 g/mol. The molecule has 24 heavy (non-hydrogen) atoms. The first-order chi connectivity index (χ1) is 11.8. The number of rotatable bonds is 7. The van der Waals surface area contributed by atoms with Crippen molar-refractivity contribution >= 4 is 0 Å². The molecule has 0 aliphatic heterocycles. The minimum Gasteiger partial charge on any atom is -0.493 e. The van der Waals surface area contributed by atoms with Crippen molar-refractivity contribution in [1.29, 1.82) is 0 Å². The van der Waals surface area contributed by atoms with Crippen LogP contribution in [0.4, 0.5) is 0 Å². The van der Waals surface area contributed by atoms with Crippen molar-refractivity contribution in [1.82, 2.24) is 5.32 Å². The fourth-order valence-corrected chi connectivity index (χ4v) is 3.83. The lowest BCUT2D eigenvalue weighted by Gasteiger charge is -2.31. The minimum absolute atomic E-state index is 0.203. The van der Waals surface area contributed by atoms with Crippen LogP contribution in [0, 0.1) is 0 Å². The molecule has 1 saturated carbocycles. The van der Waals surface area contributed by atoms with Crippen molar-refractivity contribution in [2.24, 2.45) is 0 Å². The molecule has 1 fully saturated rings. The Kier molecular flexibility index (Phi) is 5.41. The maximum Gasteiger partial charge on any atom is 0.161 e. The molecule has 0 radical (unpaired) electrons. The molecule has 3 heteroatoms. The lowest BCUT2D eigenvalue weighted by atomic mass is 9.78. The van der Waals surface area contributed by atoms with Gasteiger partial charge in [0.25, 0.3) is 0 Å². The highest BCUT2D eigenvalue weighted by molar-refractivity contribution is 5.45. The smallest absolute Gasteiger partial charge is 0.161 e. The van der Waals surface area contributed by atoms with Crippen molar-refractivity contribution in [2.75, 3.05) is 20.8 Å². The molecule has 3 rings (SSSR count). The Labute approximate surface area is 145 Å². The average molecular weight is 325 g/mol. The topological polar surface area (TPSA) is 30.5 Å². The van der Waals surface area contributed by atoms with E-state index in [0.717, 1.165) is 24.6 Å². The van der Waals surface area contributed by atoms with E-state index in [-0.39, 0.29) is 5.41 Å². The summed E-state index contributed by atoms with van der Waals surface area (Å²) in [4.78, 5) is 0. The van der Waals surface area contributed by atoms with Gasteiger partial charge in [-0.3, -0.25) is 0 Å². The van der Waals surface area contributed by atoms with E-state index >= 15 is 0 Å². The molecule has 0 unspecified atom stereocenters. The predicted molar refractivity (Wildman–Crippen MR) is 97.8 cm³/mol. The number of hydrogen-bond donors (Lipinski definition) is 1. The van der Waals surface area contributed by atoms with E-state index in [2.05, 4.69) is 47.8 Å². The van der Waals surface area contributed by atoms with Gasteiger partial charge in [-0.1, -0.05) is 49.2 Å². The second-order valence-corrected chi connectivity index (χ2v) is 6.65. The quantitative estimate of drug-likeness (QED) is 0.823. The monoisotopic (exact) mass is 325 g/mol. The summed E-state index contributed by atoms with van der Waals surface area (Å²) in [5.41, 5.74) is 2.89. The minimum atomic E-state index is 0.203. The Morgan fingerprint density at radius 1 is 0.917 bits per heavy atom. The lowest BCUT2D eigenvalue weighted by molar-refractivity contribution is 0.350. The van der Waals surface area contributed by atoms with Crippen molar-refractivity contribution in [3.63, 3.8) is 0 Å². The van der Waals surface area contributed by atoms with Crippen LogP contribution < -0.4 is 14.8 Å². The van der Waals surface area contributed by atoms with Crippen LogP contribution in [0.3, 0.4) is 0 Å². The third-order valence-electron chi connectivity index (χ3n) is 5.19. The standard InChI is InChI=1S/C21H27NO2/c1-23-19-11-10-18(14-20(19)24-2)21(12-6-7-13-21)16-22-15-17-8-4-3-5-9-17/h3-5,8-11,14,22H,6-7,12-13,15-16H2,1-2H3. The molecule has 1 N–H and O–H groups in total. The van der Waals surface area contributed by atoms with E-state index in [9.17, 15) is 0 Å². The van der Waals surface area contributed by atoms with E-state index < -0.39 is 0 Å². The van der Waals surface area contributed by atoms with Crippen LogP contribution in [0.25, 0.3) is 0 Å². The molecule has 128 valence electrons. The summed E-state index contributed by atoms with van der Waals surface area (Å²) >= 11 is 0. The van der Waals surface area contributed by atoms with Crippen LogP contribution in [-0.2, 0) is 12.0 Å². The lowest BCUT2D eigenvalue weighted by Crippen LogP contribution is -2.35. The van der Waals surface area contributed by atoms with Crippen LogP contribution in [0.15, 0.2) is 48.5 Å². The van der Waals surface area contributed by atoms with Gasteiger partial charge in [0.1, 0.15) is 0 Å². The Hall–Kier alpha value is -2.00. The Bertz CT molecular complexity index is 648.